The van der Waals surface area contributed by atoms with Crippen LogP contribution in [0.15, 0.2) is 245 Å². The van der Waals surface area contributed by atoms with E-state index in [1.165, 1.54) is 80.9 Å². The first-order chi connectivity index (χ1) is 42.1. The van der Waals surface area contributed by atoms with Crippen molar-refractivity contribution in [3.05, 3.63) is 259 Å². The number of allylic oxidation sites excluding steroid dienone is 2. The molecule has 2 aromatic heterocycles. The van der Waals surface area contributed by atoms with Gasteiger partial charge in [-0.15, -0.1) is 0 Å². The van der Waals surface area contributed by atoms with Gasteiger partial charge < -0.3 is 23.4 Å². The molecule has 0 N–H and O–H groups in total. The third-order valence-corrected chi connectivity index (χ3v) is 17.9. The lowest BCUT2D eigenvalue weighted by molar-refractivity contribution is 0.418. The van der Waals surface area contributed by atoms with E-state index in [2.05, 4.69) is 242 Å². The fourth-order valence-electron chi connectivity index (χ4n) is 13.9. The van der Waals surface area contributed by atoms with Crippen molar-refractivity contribution in [2.24, 2.45) is 0 Å². The molecule has 424 valence electrons. The van der Waals surface area contributed by atoms with Crippen molar-refractivity contribution in [1.29, 1.82) is 0 Å². The van der Waals surface area contributed by atoms with E-state index < -0.39 is 0 Å². The first-order valence-corrected chi connectivity index (χ1v) is 31.3. The lowest BCUT2D eigenvalue weighted by atomic mass is 9.83. The van der Waals surface area contributed by atoms with Crippen LogP contribution in [0.4, 0.5) is 28.4 Å². The van der Waals surface area contributed by atoms with Gasteiger partial charge in [-0.2, -0.15) is 0 Å². The summed E-state index contributed by atoms with van der Waals surface area (Å²) in [5.74, 6) is 2.77. The number of nitrogens with zero attached hydrogens (tertiary/aromatic N) is 2. The highest BCUT2D eigenvalue weighted by atomic mass is 16.5. The average molecular weight is 1110 g/mol. The molecule has 1 unspecified atom stereocenters. The van der Waals surface area contributed by atoms with E-state index in [4.69, 9.17) is 13.6 Å². The van der Waals surface area contributed by atoms with Crippen LogP contribution in [0.5, 0.6) is 11.5 Å². The third-order valence-electron chi connectivity index (χ3n) is 17.9. The Balaban J connectivity index is 0.000000692. The molecule has 0 amide bonds. The molecule has 3 aliphatic rings. The molecule has 2 fully saturated rings. The number of aryl methyl sites for hydroxylation is 2. The fraction of sp³-hybridized carbons (Fsp3) is 0.225. The van der Waals surface area contributed by atoms with Crippen LogP contribution in [0.25, 0.3) is 65.8 Å². The van der Waals surface area contributed by atoms with E-state index in [-0.39, 0.29) is 6.04 Å². The Kier molecular flexibility index (Phi) is 16.2. The van der Waals surface area contributed by atoms with E-state index in [0.29, 0.717) is 11.8 Å². The molecule has 15 rings (SSSR count). The third kappa shape index (κ3) is 10.7. The first-order valence-electron chi connectivity index (χ1n) is 31.3. The Hall–Kier alpha value is -9.06. The molecule has 0 bridgehead atoms. The van der Waals surface area contributed by atoms with E-state index in [9.17, 15) is 0 Å². The van der Waals surface area contributed by atoms with Crippen molar-refractivity contribution in [2.45, 2.75) is 116 Å². The zero-order valence-electron chi connectivity index (χ0n) is 49.6. The predicted molar refractivity (Wildman–Crippen MR) is 359 cm³/mol. The largest absolute Gasteiger partial charge is 0.455 e. The van der Waals surface area contributed by atoms with Crippen LogP contribution < -0.4 is 14.5 Å². The fourth-order valence-corrected chi connectivity index (χ4v) is 13.9. The molecule has 3 aliphatic carbocycles. The van der Waals surface area contributed by atoms with Gasteiger partial charge in [0.2, 0.25) is 0 Å². The van der Waals surface area contributed by atoms with Gasteiger partial charge in [0.05, 0.1) is 39.9 Å². The number of fused-ring (bicyclic) bond motifs is 7. The van der Waals surface area contributed by atoms with Crippen molar-refractivity contribution in [2.75, 3.05) is 9.80 Å². The lowest BCUT2D eigenvalue weighted by Crippen LogP contribution is -2.30. The van der Waals surface area contributed by atoms with E-state index in [0.717, 1.165) is 118 Å². The summed E-state index contributed by atoms with van der Waals surface area (Å²) in [5, 5.41) is 6.52. The number of para-hydroxylation sites is 6. The molecule has 85 heavy (non-hydrogen) atoms. The Labute approximate surface area is 501 Å². The number of rotatable bonds is 11. The number of anilines is 5. The highest BCUT2D eigenvalue weighted by Crippen LogP contribution is 2.57. The van der Waals surface area contributed by atoms with Crippen LogP contribution in [0.2, 0.25) is 0 Å². The summed E-state index contributed by atoms with van der Waals surface area (Å²) in [6.45, 7) is 8.28. The first kappa shape index (κ1) is 55.1. The molecule has 0 saturated heterocycles. The average Bonchev–Trinajstić information content (AvgIpc) is 1.84. The van der Waals surface area contributed by atoms with Gasteiger partial charge in [0.1, 0.15) is 16.9 Å². The van der Waals surface area contributed by atoms with E-state index in [1.807, 2.05) is 32.0 Å². The minimum absolute atomic E-state index is 0.0496. The summed E-state index contributed by atoms with van der Waals surface area (Å²) >= 11 is 0. The van der Waals surface area contributed by atoms with Crippen LogP contribution in [0.3, 0.4) is 0 Å². The van der Waals surface area contributed by atoms with Gasteiger partial charge >= 0.3 is 0 Å². The van der Waals surface area contributed by atoms with Gasteiger partial charge in [-0.3, -0.25) is 0 Å². The molecule has 10 aromatic carbocycles. The Bertz CT molecular complexity index is 4340. The Morgan fingerprint density at radius 1 is 0.435 bits per heavy atom. The second kappa shape index (κ2) is 25.0. The number of furan rings is 2. The van der Waals surface area contributed by atoms with Crippen LogP contribution in [0, 0.1) is 13.8 Å². The van der Waals surface area contributed by atoms with Crippen LogP contribution in [-0.4, -0.2) is 6.04 Å². The zero-order chi connectivity index (χ0) is 57.6. The van der Waals surface area contributed by atoms with Crippen molar-refractivity contribution >= 4 is 83.1 Å². The number of benzene rings is 10. The van der Waals surface area contributed by atoms with Crippen molar-refractivity contribution in [3.8, 4) is 22.6 Å². The minimum Gasteiger partial charge on any atom is -0.455 e. The smallest absolute Gasteiger partial charge is 0.162 e. The molecule has 1 atom stereocenters. The zero-order valence-corrected chi connectivity index (χ0v) is 49.6. The molecule has 0 aliphatic heterocycles. The van der Waals surface area contributed by atoms with Crippen LogP contribution in [-0.2, 0) is 0 Å². The summed E-state index contributed by atoms with van der Waals surface area (Å²) in [7, 11) is 0. The van der Waals surface area contributed by atoms with Crippen molar-refractivity contribution in [1.82, 2.24) is 0 Å². The molecule has 5 heteroatoms. The summed E-state index contributed by atoms with van der Waals surface area (Å²) in [6, 6.07) is 76.4. The molecule has 2 saturated carbocycles. The molecule has 5 nitrogen and oxygen atoms in total. The number of hydrogen-bond donors (Lipinski definition) is 0. The predicted octanol–water partition coefficient (Wildman–Crippen LogP) is 24.0. The quantitative estimate of drug-likeness (QED) is 0.121. The molecular weight excluding hydrogens is 1040 g/mol. The van der Waals surface area contributed by atoms with Gasteiger partial charge in [-0.25, -0.2) is 0 Å². The van der Waals surface area contributed by atoms with E-state index in [1.54, 1.807) is 0 Å². The monoisotopic (exact) mass is 1110 g/mol. The Morgan fingerprint density at radius 2 is 1.00 bits per heavy atom. The second-order valence-corrected chi connectivity index (χ2v) is 23.1. The second-order valence-electron chi connectivity index (χ2n) is 23.1. The molecule has 0 spiro atoms. The maximum atomic E-state index is 7.52. The van der Waals surface area contributed by atoms with E-state index >= 15 is 0 Å². The van der Waals surface area contributed by atoms with Gasteiger partial charge in [-0.05, 0) is 110 Å². The minimum atomic E-state index is -0.0496. The highest BCUT2D eigenvalue weighted by Gasteiger charge is 2.35. The van der Waals surface area contributed by atoms with Crippen LogP contribution in [0.1, 0.15) is 119 Å². The van der Waals surface area contributed by atoms with Crippen molar-refractivity contribution in [3.63, 3.8) is 0 Å². The van der Waals surface area contributed by atoms with Gasteiger partial charge in [-0.1, -0.05) is 264 Å². The molecule has 2 heterocycles. The van der Waals surface area contributed by atoms with Gasteiger partial charge in [0.25, 0.3) is 0 Å². The molecule has 0 radical (unpaired) electrons. The maximum absolute atomic E-state index is 7.52. The summed E-state index contributed by atoms with van der Waals surface area (Å²) in [5.41, 5.74) is 15.8. The topological polar surface area (TPSA) is 42.0 Å². The van der Waals surface area contributed by atoms with Gasteiger partial charge in [0.15, 0.2) is 16.9 Å². The summed E-state index contributed by atoms with van der Waals surface area (Å²) < 4.78 is 22.4. The lowest BCUT2D eigenvalue weighted by Gasteiger charge is -2.36. The summed E-state index contributed by atoms with van der Waals surface area (Å²) in [6.07, 6.45) is 22.2. The standard InChI is InChI=1S/C71H62N2O3.C7H8.C2H6/c1-47-25-22-43-61(68(47)74-63-45-20-17-35-53(63)49-28-8-3-9-29-49)72(51-32-12-5-13-33-51)66-55-36-14-15-37-56(55)67(71-65(66)59-38-18-21-46-64(59)75-71)73(60-42-19-16-34-52(60)48-26-6-2-7-27-48)62-44-24-41-58-57-40-23-39-54(69(57)76-70(58)62)50-30-10-4-11-31-50;1-7-5-3-2-4-6-7;1-2/h2,5-7,12-27,32,34-46,49-51H,3-4,8-11,28-31,33H2,1H3;2-6H,1H3;1-2H3. The molecule has 12 aromatic rings. The SMILES string of the molecule is CC.Cc1cccc(N(c2c3ccccc3c(N(c3ccccc3-c3ccccc3)c3cccc4c3oc3c(C5CCCCC5)cccc34)c3oc4ccccc4c23)C2C=CC=CC2)c1Oc1ccccc1C1CCCCC1.Cc1ccccc1. The number of hydrogen-bond acceptors (Lipinski definition) is 5. The normalized spacial score (nSPS) is 15.4. The van der Waals surface area contributed by atoms with Crippen molar-refractivity contribution < 1.29 is 13.6 Å². The van der Waals surface area contributed by atoms with Crippen LogP contribution >= 0.6 is 0 Å². The molecular formula is C80H76N2O3. The number of ether oxygens (including phenoxy) is 1. The highest BCUT2D eigenvalue weighted by molar-refractivity contribution is 6.28. The maximum Gasteiger partial charge on any atom is 0.162 e. The Morgan fingerprint density at radius 3 is 1.72 bits per heavy atom. The summed E-state index contributed by atoms with van der Waals surface area (Å²) in [4.78, 5) is 5.03. The van der Waals surface area contributed by atoms with Gasteiger partial charge in [0, 0.05) is 32.5 Å².